The van der Waals surface area contributed by atoms with Crippen molar-refractivity contribution in [3.05, 3.63) is 35.8 Å². The SMILES string of the molecule is COc1ccccc1N1CCN(C(=O)NCC(=O)Nc2nccs2)CC1. The number of urea groups is 1. The van der Waals surface area contributed by atoms with Crippen molar-refractivity contribution in [2.75, 3.05) is 50.1 Å². The van der Waals surface area contributed by atoms with Crippen LogP contribution in [0.4, 0.5) is 15.6 Å². The van der Waals surface area contributed by atoms with Crippen molar-refractivity contribution in [2.45, 2.75) is 0 Å². The average molecular weight is 375 g/mol. The molecule has 0 atom stereocenters. The Hall–Kier alpha value is -2.81. The van der Waals surface area contributed by atoms with Crippen LogP contribution in [0.15, 0.2) is 35.8 Å². The first-order chi connectivity index (χ1) is 12.7. The molecule has 0 saturated carbocycles. The first kappa shape index (κ1) is 18.0. The van der Waals surface area contributed by atoms with Crippen molar-refractivity contribution < 1.29 is 14.3 Å². The quantitative estimate of drug-likeness (QED) is 0.829. The van der Waals surface area contributed by atoms with Gasteiger partial charge in [-0.25, -0.2) is 9.78 Å². The third-order valence-corrected chi connectivity index (χ3v) is 4.76. The van der Waals surface area contributed by atoms with Crippen LogP contribution in [-0.2, 0) is 4.79 Å². The summed E-state index contributed by atoms with van der Waals surface area (Å²) >= 11 is 1.33. The number of aromatic nitrogens is 1. The van der Waals surface area contributed by atoms with Gasteiger partial charge < -0.3 is 25.2 Å². The van der Waals surface area contributed by atoms with Crippen LogP contribution in [0.25, 0.3) is 0 Å². The lowest BCUT2D eigenvalue weighted by atomic mass is 10.2. The van der Waals surface area contributed by atoms with E-state index in [0.29, 0.717) is 31.3 Å². The van der Waals surface area contributed by atoms with E-state index in [9.17, 15) is 9.59 Å². The molecular formula is C17H21N5O3S. The highest BCUT2D eigenvalue weighted by molar-refractivity contribution is 7.13. The van der Waals surface area contributed by atoms with E-state index in [4.69, 9.17) is 4.74 Å². The lowest BCUT2D eigenvalue weighted by Crippen LogP contribution is -2.52. The summed E-state index contributed by atoms with van der Waals surface area (Å²) in [6.07, 6.45) is 1.61. The van der Waals surface area contributed by atoms with Crippen LogP contribution in [0.1, 0.15) is 0 Å². The second kappa shape index (κ2) is 8.52. The molecule has 8 nitrogen and oxygen atoms in total. The van der Waals surface area contributed by atoms with Crippen LogP contribution >= 0.6 is 11.3 Å². The summed E-state index contributed by atoms with van der Waals surface area (Å²) in [6, 6.07) is 7.60. The number of benzene rings is 1. The lowest BCUT2D eigenvalue weighted by Gasteiger charge is -2.36. The molecule has 1 aliphatic rings. The fraction of sp³-hybridized carbons (Fsp3) is 0.353. The van der Waals surface area contributed by atoms with Gasteiger partial charge in [0.25, 0.3) is 0 Å². The maximum Gasteiger partial charge on any atom is 0.317 e. The highest BCUT2D eigenvalue weighted by atomic mass is 32.1. The Morgan fingerprint density at radius 1 is 1.23 bits per heavy atom. The number of ether oxygens (including phenoxy) is 1. The molecule has 2 heterocycles. The third-order valence-electron chi connectivity index (χ3n) is 4.07. The van der Waals surface area contributed by atoms with E-state index in [0.717, 1.165) is 11.4 Å². The normalized spacial score (nSPS) is 14.0. The molecule has 26 heavy (non-hydrogen) atoms. The minimum Gasteiger partial charge on any atom is -0.495 e. The average Bonchev–Trinajstić information content (AvgIpc) is 3.19. The fourth-order valence-electron chi connectivity index (χ4n) is 2.76. The number of hydrogen-bond acceptors (Lipinski definition) is 6. The molecule has 1 aromatic carbocycles. The summed E-state index contributed by atoms with van der Waals surface area (Å²) in [7, 11) is 1.65. The zero-order valence-corrected chi connectivity index (χ0v) is 15.3. The summed E-state index contributed by atoms with van der Waals surface area (Å²) in [5, 5.41) is 7.58. The summed E-state index contributed by atoms with van der Waals surface area (Å²) < 4.78 is 5.40. The predicted octanol–water partition coefficient (Wildman–Crippen LogP) is 1.62. The number of methoxy groups -OCH3 is 1. The largest absolute Gasteiger partial charge is 0.495 e. The highest BCUT2D eigenvalue weighted by Crippen LogP contribution is 2.28. The molecule has 1 saturated heterocycles. The van der Waals surface area contributed by atoms with E-state index in [2.05, 4.69) is 20.5 Å². The molecule has 0 unspecified atom stereocenters. The summed E-state index contributed by atoms with van der Waals surface area (Å²) in [4.78, 5) is 31.9. The van der Waals surface area contributed by atoms with Crippen LogP contribution in [0.3, 0.4) is 0 Å². The molecule has 1 fully saturated rings. The van der Waals surface area contributed by atoms with Gasteiger partial charge in [0.1, 0.15) is 5.75 Å². The Kier molecular flexibility index (Phi) is 5.90. The van der Waals surface area contributed by atoms with E-state index in [1.165, 1.54) is 11.3 Å². The van der Waals surface area contributed by atoms with Crippen LogP contribution in [-0.4, -0.2) is 61.7 Å². The van der Waals surface area contributed by atoms with Gasteiger partial charge >= 0.3 is 6.03 Å². The van der Waals surface area contributed by atoms with Crippen LogP contribution in [0, 0.1) is 0 Å². The van der Waals surface area contributed by atoms with Gasteiger partial charge in [0.05, 0.1) is 19.3 Å². The zero-order valence-electron chi connectivity index (χ0n) is 14.5. The zero-order chi connectivity index (χ0) is 18.4. The predicted molar refractivity (Wildman–Crippen MR) is 101 cm³/mol. The molecule has 2 aromatic rings. The van der Waals surface area contributed by atoms with Gasteiger partial charge in [-0.2, -0.15) is 0 Å². The van der Waals surface area contributed by atoms with Gasteiger partial charge in [-0.3, -0.25) is 4.79 Å². The molecule has 0 aliphatic carbocycles. The molecule has 2 N–H and O–H groups in total. The van der Waals surface area contributed by atoms with Gasteiger partial charge in [0.2, 0.25) is 5.91 Å². The lowest BCUT2D eigenvalue weighted by molar-refractivity contribution is -0.115. The number of rotatable bonds is 5. The number of anilines is 2. The van der Waals surface area contributed by atoms with Crippen molar-refractivity contribution >= 4 is 34.1 Å². The topological polar surface area (TPSA) is 86.8 Å². The minimum atomic E-state index is -0.291. The standard InChI is InChI=1S/C17H21N5O3S/c1-25-14-5-3-2-4-13(14)21-7-9-22(10-8-21)17(24)19-12-15(23)20-16-18-6-11-26-16/h2-6,11H,7-10,12H2,1H3,(H,19,24)(H,18,20,23). The second-order valence-electron chi connectivity index (χ2n) is 5.69. The molecule has 1 aliphatic heterocycles. The third kappa shape index (κ3) is 4.42. The van der Waals surface area contributed by atoms with E-state index in [1.807, 2.05) is 24.3 Å². The Labute approximate surface area is 155 Å². The van der Waals surface area contributed by atoms with Crippen molar-refractivity contribution in [3.63, 3.8) is 0 Å². The number of hydrogen-bond donors (Lipinski definition) is 2. The first-order valence-electron chi connectivity index (χ1n) is 8.27. The van der Waals surface area contributed by atoms with Crippen LogP contribution < -0.4 is 20.3 Å². The van der Waals surface area contributed by atoms with Gasteiger partial charge in [-0.15, -0.1) is 11.3 Å². The van der Waals surface area contributed by atoms with Crippen molar-refractivity contribution in [3.8, 4) is 5.75 Å². The number of amides is 3. The maximum atomic E-state index is 12.2. The number of nitrogens with zero attached hydrogens (tertiary/aromatic N) is 3. The molecule has 9 heteroatoms. The summed E-state index contributed by atoms with van der Waals surface area (Å²) in [5.41, 5.74) is 1.03. The van der Waals surface area contributed by atoms with Crippen LogP contribution in [0.2, 0.25) is 0 Å². The number of thiazole rings is 1. The van der Waals surface area contributed by atoms with E-state index in [1.54, 1.807) is 23.6 Å². The van der Waals surface area contributed by atoms with Crippen molar-refractivity contribution in [1.29, 1.82) is 0 Å². The number of piperazine rings is 1. The number of para-hydroxylation sites is 2. The molecular weight excluding hydrogens is 354 g/mol. The van der Waals surface area contributed by atoms with Gasteiger partial charge in [0.15, 0.2) is 5.13 Å². The number of nitrogens with one attached hydrogen (secondary N) is 2. The summed E-state index contributed by atoms with van der Waals surface area (Å²) in [6.45, 7) is 2.50. The molecule has 138 valence electrons. The van der Waals surface area contributed by atoms with E-state index in [-0.39, 0.29) is 18.5 Å². The number of carbonyl (C=O) groups is 2. The van der Waals surface area contributed by atoms with E-state index >= 15 is 0 Å². The molecule has 1 aromatic heterocycles. The molecule has 0 bridgehead atoms. The van der Waals surface area contributed by atoms with Crippen molar-refractivity contribution in [1.82, 2.24) is 15.2 Å². The van der Waals surface area contributed by atoms with Crippen LogP contribution in [0.5, 0.6) is 5.75 Å². The van der Waals surface area contributed by atoms with Gasteiger partial charge in [-0.05, 0) is 12.1 Å². The van der Waals surface area contributed by atoms with Gasteiger partial charge in [0, 0.05) is 37.8 Å². The Morgan fingerprint density at radius 3 is 2.69 bits per heavy atom. The van der Waals surface area contributed by atoms with Crippen molar-refractivity contribution in [2.24, 2.45) is 0 Å². The Balaban J connectivity index is 1.45. The Bertz CT molecular complexity index is 745. The summed E-state index contributed by atoms with van der Waals surface area (Å²) in [5.74, 6) is 0.533. The monoisotopic (exact) mass is 375 g/mol. The highest BCUT2D eigenvalue weighted by Gasteiger charge is 2.23. The molecule has 3 amide bonds. The second-order valence-corrected chi connectivity index (χ2v) is 6.58. The smallest absolute Gasteiger partial charge is 0.317 e. The molecule has 0 spiro atoms. The molecule has 0 radical (unpaired) electrons. The maximum absolute atomic E-state index is 12.2. The number of carbonyl (C=O) groups excluding carboxylic acids is 2. The van der Waals surface area contributed by atoms with E-state index < -0.39 is 0 Å². The molecule has 3 rings (SSSR count). The fourth-order valence-corrected chi connectivity index (χ4v) is 3.30. The minimum absolute atomic E-state index is 0.0782. The first-order valence-corrected chi connectivity index (χ1v) is 9.15. The Morgan fingerprint density at radius 2 is 2.00 bits per heavy atom. The van der Waals surface area contributed by atoms with Gasteiger partial charge in [-0.1, -0.05) is 12.1 Å².